The third-order valence-corrected chi connectivity index (χ3v) is 4.20. The van der Waals surface area contributed by atoms with Crippen molar-refractivity contribution >= 4 is 58.9 Å². The summed E-state index contributed by atoms with van der Waals surface area (Å²) in [6, 6.07) is 0. The summed E-state index contributed by atoms with van der Waals surface area (Å²) in [5.74, 6) is -0.723. The highest BCUT2D eigenvalue weighted by atomic mass is 35.5. The van der Waals surface area contributed by atoms with Crippen LogP contribution in [-0.2, 0) is 30.0 Å². The molecule has 0 heterocycles. The minimum absolute atomic E-state index is 0.0679. The van der Waals surface area contributed by atoms with E-state index in [2.05, 4.69) is 13.0 Å². The molecule has 0 bridgehead atoms. The number of nitrogens with two attached hydrogens (primary N) is 1. The van der Waals surface area contributed by atoms with Gasteiger partial charge < -0.3 is 0 Å². The monoisotopic (exact) mass is 388 g/mol. The summed E-state index contributed by atoms with van der Waals surface area (Å²) in [7, 11) is 7.88. The van der Waals surface area contributed by atoms with Crippen LogP contribution in [0.3, 0.4) is 0 Å². The van der Waals surface area contributed by atoms with Crippen LogP contribution in [0.1, 0.15) is 0 Å². The molecule has 15 heteroatoms. The zero-order valence-electron chi connectivity index (χ0n) is 13.2. The molecule has 0 aromatic heterocycles. The standard InChI is InChI=1S/C4H9BN2O3S.C2H2BClO.C2H8N2O2S/c1-7(2)11(9,10)6-4(8)3-5;3-1-2(4)5;1-4(2)7(3,5)6/h3H2,1-2H3,(H,6,8);1H2;1-2H3,(H2,3,5,6). The Hall–Kier alpha value is -0.660. The summed E-state index contributed by atoms with van der Waals surface area (Å²) < 4.78 is 45.3. The summed E-state index contributed by atoms with van der Waals surface area (Å²) >= 11 is 4.70. The fourth-order valence-electron chi connectivity index (χ4n) is 0.277. The Kier molecular flexibility index (Phi) is 15.0. The van der Waals surface area contributed by atoms with E-state index >= 15 is 0 Å². The van der Waals surface area contributed by atoms with Gasteiger partial charge in [-0.1, -0.05) is 0 Å². The number of hydrogen-bond acceptors (Lipinski definition) is 6. The Labute approximate surface area is 144 Å². The van der Waals surface area contributed by atoms with Crippen LogP contribution < -0.4 is 9.86 Å². The molecular weight excluding hydrogens is 369 g/mol. The molecule has 0 spiro atoms. The van der Waals surface area contributed by atoms with Crippen molar-refractivity contribution in [3.05, 3.63) is 0 Å². The Bertz CT molecular complexity index is 567. The van der Waals surface area contributed by atoms with Gasteiger partial charge in [0.05, 0.1) is 15.7 Å². The quantitative estimate of drug-likeness (QED) is 0.396. The van der Waals surface area contributed by atoms with E-state index in [0.717, 1.165) is 8.61 Å². The van der Waals surface area contributed by atoms with E-state index in [1.165, 1.54) is 28.2 Å². The van der Waals surface area contributed by atoms with E-state index in [4.69, 9.17) is 19.4 Å². The van der Waals surface area contributed by atoms with Gasteiger partial charge in [-0.15, -0.1) is 0 Å². The summed E-state index contributed by atoms with van der Waals surface area (Å²) in [6.45, 7) is 0. The smallest absolute Gasteiger partial charge is 0.282 e. The predicted molar refractivity (Wildman–Crippen MR) is 89.5 cm³/mol. The van der Waals surface area contributed by atoms with Crippen molar-refractivity contribution in [1.29, 1.82) is 0 Å². The van der Waals surface area contributed by atoms with Crippen molar-refractivity contribution in [1.82, 2.24) is 13.3 Å². The normalized spacial score (nSPS) is 11.0. The topological polar surface area (TPSA) is 147 Å². The number of hydrogen-bond donors (Lipinski definition) is 2. The molecule has 3 N–H and O–H groups in total. The van der Waals surface area contributed by atoms with Gasteiger partial charge in [-0.3, -0.25) is 9.59 Å². The van der Waals surface area contributed by atoms with Gasteiger partial charge in [0.25, 0.3) is 10.2 Å². The van der Waals surface area contributed by atoms with Gasteiger partial charge in [-0.2, -0.15) is 25.4 Å². The molecule has 0 aromatic rings. The first-order valence-corrected chi connectivity index (χ1v) is 8.95. The van der Waals surface area contributed by atoms with Gasteiger partial charge in [0.1, 0.15) is 0 Å². The molecule has 0 fully saturated rings. The van der Waals surface area contributed by atoms with E-state index < -0.39 is 31.6 Å². The summed E-state index contributed by atoms with van der Waals surface area (Å²) in [4.78, 5) is 19.9. The van der Waals surface area contributed by atoms with Crippen molar-refractivity contribution < 1.29 is 26.4 Å². The molecule has 0 aromatic carbocycles. The maximum atomic E-state index is 10.8. The van der Waals surface area contributed by atoms with Crippen LogP contribution in [0.4, 0.5) is 0 Å². The number of amides is 1. The first-order valence-electron chi connectivity index (χ1n) is 5.63. The fraction of sp³-hybridized carbons (Fsp3) is 0.750. The van der Waals surface area contributed by atoms with Gasteiger partial charge in [0, 0.05) is 28.2 Å². The van der Waals surface area contributed by atoms with Crippen molar-refractivity contribution in [3.8, 4) is 0 Å². The van der Waals surface area contributed by atoms with E-state index in [9.17, 15) is 26.4 Å². The molecule has 0 aliphatic rings. The Balaban J connectivity index is -0.000000286. The minimum atomic E-state index is -3.66. The van der Waals surface area contributed by atoms with Crippen LogP contribution in [-0.4, -0.2) is 80.5 Å². The number of carbonyl (C=O) groups excluding carboxylic acids is 2. The Morgan fingerprint density at radius 2 is 1.30 bits per heavy atom. The zero-order valence-corrected chi connectivity index (χ0v) is 15.6. The van der Waals surface area contributed by atoms with Gasteiger partial charge in [-0.05, 0) is 24.2 Å². The lowest BCUT2D eigenvalue weighted by Crippen LogP contribution is -2.39. The molecule has 23 heavy (non-hydrogen) atoms. The summed E-state index contributed by atoms with van der Waals surface area (Å²) in [5, 5.41) is 4.08. The molecule has 0 rings (SSSR count). The van der Waals surface area contributed by atoms with Crippen molar-refractivity contribution in [2.45, 2.75) is 12.6 Å². The molecule has 0 unspecified atom stereocenters. The van der Waals surface area contributed by atoms with Gasteiger partial charge >= 0.3 is 10.2 Å². The highest BCUT2D eigenvalue weighted by molar-refractivity contribution is 7.87. The average Bonchev–Trinajstić information content (AvgIpc) is 2.38. The Morgan fingerprint density at radius 3 is 1.43 bits per heavy atom. The van der Waals surface area contributed by atoms with Crippen LogP contribution >= 0.6 is 11.6 Å². The number of carbonyl (C=O) groups is 2. The SMILES string of the molecule is CN(C)S(N)(=O)=O.[B]CC(=O)Cl.[B]CC(=O)NS(=O)(=O)N(C)C. The van der Waals surface area contributed by atoms with Crippen LogP contribution in [0.25, 0.3) is 0 Å². The van der Waals surface area contributed by atoms with E-state index in [0.29, 0.717) is 0 Å². The third kappa shape index (κ3) is 19.3. The molecule has 132 valence electrons. The lowest BCUT2D eigenvalue weighted by atomic mass is 10.1. The highest BCUT2D eigenvalue weighted by Gasteiger charge is 2.14. The fourth-order valence-corrected chi connectivity index (χ4v) is 0.830. The number of nitrogens with one attached hydrogen (secondary N) is 1. The molecule has 0 saturated heterocycles. The predicted octanol–water partition coefficient (Wildman–Crippen LogP) is -2.41. The average molecular weight is 388 g/mol. The molecule has 1 amide bonds. The van der Waals surface area contributed by atoms with Crippen molar-refractivity contribution in [3.63, 3.8) is 0 Å². The van der Waals surface area contributed by atoms with Crippen molar-refractivity contribution in [2.24, 2.45) is 5.14 Å². The zero-order chi connectivity index (χ0) is 19.4. The number of nitrogens with zero attached hydrogens (tertiary/aromatic N) is 2. The van der Waals surface area contributed by atoms with E-state index in [1.807, 2.05) is 0 Å². The first-order chi connectivity index (χ1) is 10.1. The summed E-state index contributed by atoms with van der Waals surface area (Å²) in [5.41, 5.74) is 0. The molecule has 0 saturated carbocycles. The van der Waals surface area contributed by atoms with Crippen LogP contribution in [0.2, 0.25) is 12.6 Å². The first kappa shape index (κ1) is 27.2. The molecule has 0 aliphatic carbocycles. The summed E-state index contributed by atoms with van der Waals surface area (Å²) in [6.07, 6.45) is -0.408. The lowest BCUT2D eigenvalue weighted by molar-refractivity contribution is -0.117. The van der Waals surface area contributed by atoms with Gasteiger partial charge in [0.15, 0.2) is 0 Å². The maximum absolute atomic E-state index is 10.8. The Morgan fingerprint density at radius 1 is 1.00 bits per heavy atom. The third-order valence-electron chi connectivity index (χ3n) is 1.58. The molecular formula is C8H19B2ClN4O6S2. The van der Waals surface area contributed by atoms with Crippen LogP contribution in [0.5, 0.6) is 0 Å². The second-order valence-electron chi connectivity index (χ2n) is 3.90. The molecule has 0 atom stereocenters. The van der Waals surface area contributed by atoms with E-state index in [1.54, 1.807) is 4.72 Å². The molecule has 4 radical (unpaired) electrons. The largest absolute Gasteiger partial charge is 0.303 e. The van der Waals surface area contributed by atoms with Gasteiger partial charge in [0.2, 0.25) is 11.1 Å². The van der Waals surface area contributed by atoms with Crippen LogP contribution in [0, 0.1) is 0 Å². The second-order valence-corrected chi connectivity index (χ2v) is 7.97. The molecule has 10 nitrogen and oxygen atoms in total. The second kappa shape index (κ2) is 12.7. The maximum Gasteiger partial charge on any atom is 0.303 e. The molecule has 0 aliphatic heterocycles. The van der Waals surface area contributed by atoms with Crippen LogP contribution in [0.15, 0.2) is 0 Å². The highest BCUT2D eigenvalue weighted by Crippen LogP contribution is 1.88. The number of halogens is 1. The van der Waals surface area contributed by atoms with E-state index in [-0.39, 0.29) is 12.6 Å². The van der Waals surface area contributed by atoms with Gasteiger partial charge in [-0.25, -0.2) is 9.86 Å². The lowest BCUT2D eigenvalue weighted by Gasteiger charge is -2.10. The number of rotatable bonds is 5. The minimum Gasteiger partial charge on any atom is -0.282 e. The van der Waals surface area contributed by atoms with Crippen molar-refractivity contribution in [2.75, 3.05) is 28.2 Å².